The van der Waals surface area contributed by atoms with Crippen LogP contribution in [0.3, 0.4) is 0 Å². The third kappa shape index (κ3) is 5.59. The van der Waals surface area contributed by atoms with Crippen molar-refractivity contribution < 1.29 is 14.3 Å². The van der Waals surface area contributed by atoms with E-state index in [-0.39, 0.29) is 23.7 Å². The third-order valence-corrected chi connectivity index (χ3v) is 8.76. The summed E-state index contributed by atoms with van der Waals surface area (Å²) in [7, 11) is 0. The van der Waals surface area contributed by atoms with Gasteiger partial charge in [0.15, 0.2) is 5.60 Å². The molecule has 43 heavy (non-hydrogen) atoms. The molecule has 222 valence electrons. The molecule has 2 aromatic carbocycles. The Balaban J connectivity index is 1.27. The van der Waals surface area contributed by atoms with Gasteiger partial charge in [-0.15, -0.1) is 0 Å². The van der Waals surface area contributed by atoms with Gasteiger partial charge in [0.1, 0.15) is 6.33 Å². The molecule has 2 heterocycles. The molecular weight excluding hydrogens is 542 g/mol. The highest BCUT2D eigenvalue weighted by Crippen LogP contribution is 2.44. The Kier molecular flexibility index (Phi) is 8.13. The van der Waals surface area contributed by atoms with E-state index in [0.29, 0.717) is 37.2 Å². The number of hydrogen-bond donors (Lipinski definition) is 0. The van der Waals surface area contributed by atoms with Crippen LogP contribution in [0.2, 0.25) is 0 Å². The summed E-state index contributed by atoms with van der Waals surface area (Å²) in [5.41, 5.74) is 4.36. The molecule has 0 saturated heterocycles. The molecule has 9 heteroatoms. The van der Waals surface area contributed by atoms with Gasteiger partial charge in [0, 0.05) is 18.0 Å². The second-order valence-electron chi connectivity index (χ2n) is 11.6. The summed E-state index contributed by atoms with van der Waals surface area (Å²) in [5.74, 6) is 0.326. The standard InChI is InChI=1S/C34H37N5O4/c1-3-7-30-29(20-23-10-12-24(13-11-23)28-9-6-5-8-25(28)21-35)31(40)38(33-36-22-37-39(30)33)26-14-16-27(17-15-26)43-34(18-19-34)32(41)42-4-2/h5-6,8-13,22,26-27H,3-4,7,14-20H2,1-2H3/t26-,27-. The highest BCUT2D eigenvalue weighted by molar-refractivity contribution is 5.82. The first-order valence-corrected chi connectivity index (χ1v) is 15.4. The van der Waals surface area contributed by atoms with E-state index in [0.717, 1.165) is 66.5 Å². The monoisotopic (exact) mass is 579 g/mol. The van der Waals surface area contributed by atoms with Gasteiger partial charge in [-0.25, -0.2) is 9.31 Å². The number of aryl methyl sites for hydroxylation is 1. The summed E-state index contributed by atoms with van der Waals surface area (Å²) in [5, 5.41) is 14.1. The lowest BCUT2D eigenvalue weighted by molar-refractivity contribution is -0.166. The average Bonchev–Trinajstić information content (AvgIpc) is 3.66. The molecule has 0 unspecified atom stereocenters. The maximum absolute atomic E-state index is 14.3. The number of esters is 1. The molecule has 0 N–H and O–H groups in total. The zero-order chi connectivity index (χ0) is 30.0. The van der Waals surface area contributed by atoms with Crippen LogP contribution < -0.4 is 5.56 Å². The van der Waals surface area contributed by atoms with Gasteiger partial charge in [0.25, 0.3) is 5.56 Å². The van der Waals surface area contributed by atoms with Crippen LogP contribution >= 0.6 is 0 Å². The highest BCUT2D eigenvalue weighted by Gasteiger charge is 2.54. The summed E-state index contributed by atoms with van der Waals surface area (Å²) in [6.07, 6.45) is 8.01. The number of carbonyl (C=O) groups excluding carboxylic acids is 1. The number of hydrogen-bond acceptors (Lipinski definition) is 7. The van der Waals surface area contributed by atoms with Crippen molar-refractivity contribution in [1.82, 2.24) is 19.2 Å². The zero-order valence-electron chi connectivity index (χ0n) is 24.8. The molecule has 0 aliphatic heterocycles. The SMILES string of the molecule is CCCc1c(Cc2ccc(-c3ccccc3C#N)cc2)c(=O)n([C@H]2CC[C@H](OC3(C(=O)OCC)CC3)CC2)c2ncnn12. The Morgan fingerprint density at radius 3 is 2.49 bits per heavy atom. The van der Waals surface area contributed by atoms with Gasteiger partial charge >= 0.3 is 5.97 Å². The molecule has 6 rings (SSSR count). The fraction of sp³-hybridized carbons (Fsp3) is 0.441. The topological polar surface area (TPSA) is 112 Å². The van der Waals surface area contributed by atoms with Crippen molar-refractivity contribution in [1.29, 1.82) is 5.26 Å². The van der Waals surface area contributed by atoms with Crippen LogP contribution in [0, 0.1) is 11.3 Å². The smallest absolute Gasteiger partial charge is 0.338 e. The molecule has 0 bridgehead atoms. The lowest BCUT2D eigenvalue weighted by Crippen LogP contribution is -2.38. The summed E-state index contributed by atoms with van der Waals surface area (Å²) in [4.78, 5) is 31.2. The minimum atomic E-state index is -0.772. The van der Waals surface area contributed by atoms with Crippen LogP contribution in [0.5, 0.6) is 0 Å². The van der Waals surface area contributed by atoms with Gasteiger partial charge in [-0.3, -0.25) is 9.36 Å². The Bertz CT molecular complexity index is 1720. The molecule has 2 aliphatic carbocycles. The second kappa shape index (κ2) is 12.1. The van der Waals surface area contributed by atoms with E-state index < -0.39 is 5.60 Å². The maximum Gasteiger partial charge on any atom is 0.338 e. The molecule has 2 fully saturated rings. The molecule has 2 aliphatic rings. The van der Waals surface area contributed by atoms with E-state index in [1.165, 1.54) is 6.33 Å². The van der Waals surface area contributed by atoms with E-state index in [9.17, 15) is 14.9 Å². The molecule has 0 atom stereocenters. The average molecular weight is 580 g/mol. The number of fused-ring (bicyclic) bond motifs is 1. The van der Waals surface area contributed by atoms with Crippen molar-refractivity contribution in [2.24, 2.45) is 0 Å². The predicted molar refractivity (Wildman–Crippen MR) is 162 cm³/mol. The van der Waals surface area contributed by atoms with Crippen LogP contribution in [0.4, 0.5) is 0 Å². The van der Waals surface area contributed by atoms with Crippen molar-refractivity contribution in [3.8, 4) is 17.2 Å². The normalized spacial score (nSPS) is 19.2. The van der Waals surface area contributed by atoms with E-state index in [1.54, 1.807) is 0 Å². The van der Waals surface area contributed by atoms with Crippen molar-refractivity contribution in [2.75, 3.05) is 6.61 Å². The predicted octanol–water partition coefficient (Wildman–Crippen LogP) is 5.57. The zero-order valence-corrected chi connectivity index (χ0v) is 24.8. The van der Waals surface area contributed by atoms with E-state index in [1.807, 2.05) is 64.5 Å². The number of rotatable bonds is 10. The number of benzene rings is 2. The van der Waals surface area contributed by atoms with Crippen LogP contribution in [0.25, 0.3) is 16.9 Å². The second-order valence-corrected chi connectivity index (χ2v) is 11.6. The summed E-state index contributed by atoms with van der Waals surface area (Å²) < 4.78 is 15.2. The first-order valence-electron chi connectivity index (χ1n) is 15.4. The Labute approximate surface area is 251 Å². The minimum Gasteiger partial charge on any atom is -0.464 e. The number of aromatic nitrogens is 4. The van der Waals surface area contributed by atoms with Crippen molar-refractivity contribution in [3.63, 3.8) is 0 Å². The van der Waals surface area contributed by atoms with Crippen molar-refractivity contribution in [3.05, 3.63) is 87.6 Å². The number of nitrogens with zero attached hydrogens (tertiary/aromatic N) is 5. The number of ether oxygens (including phenoxy) is 2. The maximum atomic E-state index is 14.3. The molecule has 0 radical (unpaired) electrons. The van der Waals surface area contributed by atoms with E-state index in [4.69, 9.17) is 9.47 Å². The van der Waals surface area contributed by atoms with Crippen molar-refractivity contribution >= 4 is 11.7 Å². The lowest BCUT2D eigenvalue weighted by atomic mass is 9.92. The van der Waals surface area contributed by atoms with Gasteiger partial charge in [0.2, 0.25) is 5.78 Å². The van der Waals surface area contributed by atoms with E-state index in [2.05, 4.69) is 23.1 Å². The van der Waals surface area contributed by atoms with E-state index >= 15 is 0 Å². The van der Waals surface area contributed by atoms with Crippen LogP contribution in [0.15, 0.2) is 59.7 Å². The molecule has 2 aromatic heterocycles. The summed E-state index contributed by atoms with van der Waals surface area (Å²) in [6.45, 7) is 4.26. The van der Waals surface area contributed by atoms with Gasteiger partial charge < -0.3 is 9.47 Å². The van der Waals surface area contributed by atoms with Gasteiger partial charge in [-0.1, -0.05) is 55.8 Å². The molecule has 0 spiro atoms. The minimum absolute atomic E-state index is 0.0163. The Morgan fingerprint density at radius 2 is 1.81 bits per heavy atom. The third-order valence-electron chi connectivity index (χ3n) is 8.76. The highest BCUT2D eigenvalue weighted by atomic mass is 16.6. The summed E-state index contributed by atoms with van der Waals surface area (Å²) in [6, 6.07) is 17.9. The first-order chi connectivity index (χ1) is 21.0. The van der Waals surface area contributed by atoms with Crippen LogP contribution in [0.1, 0.15) is 87.2 Å². The number of carbonyl (C=O) groups is 1. The van der Waals surface area contributed by atoms with Crippen molar-refractivity contribution in [2.45, 2.75) is 89.4 Å². The van der Waals surface area contributed by atoms with Gasteiger partial charge in [-0.05, 0) is 74.6 Å². The molecule has 0 amide bonds. The fourth-order valence-corrected chi connectivity index (χ4v) is 6.40. The molecule has 4 aromatic rings. The number of nitriles is 1. The lowest BCUT2D eigenvalue weighted by Gasteiger charge is -2.32. The van der Waals surface area contributed by atoms with Gasteiger partial charge in [0.05, 0.1) is 30.0 Å². The largest absolute Gasteiger partial charge is 0.464 e. The first kappa shape index (κ1) is 28.8. The molecular formula is C34H37N5O4. The Morgan fingerprint density at radius 1 is 1.07 bits per heavy atom. The van der Waals surface area contributed by atoms with Crippen LogP contribution in [-0.2, 0) is 27.1 Å². The molecule has 2 saturated carbocycles. The Hall–Kier alpha value is -4.29. The summed E-state index contributed by atoms with van der Waals surface area (Å²) >= 11 is 0. The fourth-order valence-electron chi connectivity index (χ4n) is 6.40. The quantitative estimate of drug-likeness (QED) is 0.226. The van der Waals surface area contributed by atoms with Crippen LogP contribution in [-0.4, -0.2) is 43.4 Å². The molecule has 9 nitrogen and oxygen atoms in total. The van der Waals surface area contributed by atoms with Gasteiger partial charge in [-0.2, -0.15) is 15.3 Å².